The summed E-state index contributed by atoms with van der Waals surface area (Å²) in [5, 5.41) is 12.9. The molecule has 3 aromatic rings. The average molecular weight is 455 g/mol. The van der Waals surface area contributed by atoms with E-state index in [1.165, 1.54) is 6.92 Å². The van der Waals surface area contributed by atoms with Crippen molar-refractivity contribution in [2.24, 2.45) is 5.92 Å². The van der Waals surface area contributed by atoms with Crippen molar-refractivity contribution in [3.8, 4) is 17.0 Å². The SMILES string of the molecule is CC(=O)c1cnc2ccc(-c3cc(F)c(O)c(F)c3)nc2c1NC1CCC(CN(C)C)CC1. The molecule has 8 heteroatoms. The van der Waals surface area contributed by atoms with Gasteiger partial charge in [-0.1, -0.05) is 0 Å². The van der Waals surface area contributed by atoms with Crippen LogP contribution in [0.4, 0.5) is 14.5 Å². The number of aromatic nitrogens is 2. The maximum Gasteiger partial charge on any atom is 0.187 e. The van der Waals surface area contributed by atoms with E-state index in [9.17, 15) is 18.7 Å². The molecule has 0 radical (unpaired) electrons. The van der Waals surface area contributed by atoms with Crippen LogP contribution in [0.2, 0.25) is 0 Å². The predicted molar refractivity (Wildman–Crippen MR) is 124 cm³/mol. The number of nitrogens with zero attached hydrogens (tertiary/aromatic N) is 3. The van der Waals surface area contributed by atoms with Crippen LogP contribution in [0.15, 0.2) is 30.5 Å². The average Bonchev–Trinajstić information content (AvgIpc) is 2.77. The second-order valence-electron chi connectivity index (χ2n) is 9.08. The van der Waals surface area contributed by atoms with Gasteiger partial charge in [-0.05, 0) is 76.9 Å². The summed E-state index contributed by atoms with van der Waals surface area (Å²) in [6.45, 7) is 2.55. The van der Waals surface area contributed by atoms with Crippen molar-refractivity contribution in [3.63, 3.8) is 0 Å². The van der Waals surface area contributed by atoms with Gasteiger partial charge in [-0.3, -0.25) is 9.78 Å². The van der Waals surface area contributed by atoms with Crippen LogP contribution in [0.25, 0.3) is 22.3 Å². The van der Waals surface area contributed by atoms with E-state index >= 15 is 0 Å². The summed E-state index contributed by atoms with van der Waals surface area (Å²) in [6, 6.07) is 5.59. The number of rotatable bonds is 6. The fourth-order valence-electron chi connectivity index (χ4n) is 4.56. The Bertz CT molecular complexity index is 1170. The molecule has 1 aliphatic carbocycles. The number of anilines is 1. The van der Waals surface area contributed by atoms with Crippen molar-refractivity contribution in [1.82, 2.24) is 14.9 Å². The molecule has 1 fully saturated rings. The number of pyridine rings is 2. The first kappa shape index (κ1) is 23.0. The summed E-state index contributed by atoms with van der Waals surface area (Å²) >= 11 is 0. The molecule has 0 atom stereocenters. The number of hydrogen-bond acceptors (Lipinski definition) is 6. The smallest absolute Gasteiger partial charge is 0.187 e. The fraction of sp³-hybridized carbons (Fsp3) is 0.400. The van der Waals surface area contributed by atoms with Gasteiger partial charge in [-0.25, -0.2) is 13.8 Å². The van der Waals surface area contributed by atoms with Gasteiger partial charge in [0.1, 0.15) is 5.52 Å². The van der Waals surface area contributed by atoms with Crippen LogP contribution in [-0.2, 0) is 0 Å². The molecule has 0 spiro atoms. The molecule has 0 amide bonds. The van der Waals surface area contributed by atoms with Crippen LogP contribution in [-0.4, -0.2) is 52.4 Å². The van der Waals surface area contributed by atoms with E-state index in [-0.39, 0.29) is 17.4 Å². The predicted octanol–water partition coefficient (Wildman–Crippen LogP) is 5.02. The largest absolute Gasteiger partial charge is 0.503 e. The van der Waals surface area contributed by atoms with Crippen molar-refractivity contribution in [1.29, 1.82) is 0 Å². The monoisotopic (exact) mass is 454 g/mol. The highest BCUT2D eigenvalue weighted by molar-refractivity contribution is 6.06. The molecule has 4 rings (SSSR count). The quantitative estimate of drug-likeness (QED) is 0.510. The molecular weight excluding hydrogens is 426 g/mol. The first-order valence-corrected chi connectivity index (χ1v) is 11.1. The molecule has 33 heavy (non-hydrogen) atoms. The molecule has 2 N–H and O–H groups in total. The highest BCUT2D eigenvalue weighted by Crippen LogP contribution is 2.33. The summed E-state index contributed by atoms with van der Waals surface area (Å²) < 4.78 is 27.8. The Hall–Kier alpha value is -3.13. The van der Waals surface area contributed by atoms with E-state index in [2.05, 4.69) is 34.3 Å². The van der Waals surface area contributed by atoms with Crippen molar-refractivity contribution < 1.29 is 18.7 Å². The van der Waals surface area contributed by atoms with Crippen LogP contribution in [0.1, 0.15) is 43.0 Å². The molecule has 2 heterocycles. The van der Waals surface area contributed by atoms with Gasteiger partial charge in [-0.2, -0.15) is 0 Å². The Labute approximate surface area is 191 Å². The number of ketones is 1. The van der Waals surface area contributed by atoms with E-state index in [1.807, 2.05) is 0 Å². The molecular formula is C25H28F2N4O2. The van der Waals surface area contributed by atoms with Crippen LogP contribution in [0.3, 0.4) is 0 Å². The Morgan fingerprint density at radius 2 is 1.82 bits per heavy atom. The van der Waals surface area contributed by atoms with Crippen LogP contribution >= 0.6 is 0 Å². The zero-order chi connectivity index (χ0) is 23.7. The highest BCUT2D eigenvalue weighted by Gasteiger charge is 2.24. The number of carbonyl (C=O) groups excluding carboxylic acids is 1. The van der Waals surface area contributed by atoms with Crippen LogP contribution in [0.5, 0.6) is 5.75 Å². The van der Waals surface area contributed by atoms with Gasteiger partial charge in [0.05, 0.1) is 22.5 Å². The number of fused-ring (bicyclic) bond motifs is 1. The van der Waals surface area contributed by atoms with E-state index < -0.39 is 17.4 Å². The topological polar surface area (TPSA) is 78.3 Å². The summed E-state index contributed by atoms with van der Waals surface area (Å²) in [4.78, 5) is 23.6. The standard InChI is InChI=1S/C25H28F2N4O2/c1-14(32)18-12-28-22-9-8-21(16-10-19(26)25(33)20(27)11-16)30-24(22)23(18)29-17-6-4-15(5-7-17)13-31(2)3/h8-12,15,17,33H,4-7,13H2,1-3H3,(H,28,29). The Morgan fingerprint density at radius 3 is 2.42 bits per heavy atom. The second kappa shape index (κ2) is 9.39. The molecule has 1 aromatic carbocycles. The first-order valence-electron chi connectivity index (χ1n) is 11.1. The summed E-state index contributed by atoms with van der Waals surface area (Å²) in [6.07, 6.45) is 5.70. The Morgan fingerprint density at radius 1 is 1.15 bits per heavy atom. The van der Waals surface area contributed by atoms with Crippen LogP contribution < -0.4 is 5.32 Å². The molecule has 0 bridgehead atoms. The van der Waals surface area contributed by atoms with Gasteiger partial charge in [0.25, 0.3) is 0 Å². The minimum Gasteiger partial charge on any atom is -0.503 e. The zero-order valence-corrected chi connectivity index (χ0v) is 19.0. The van der Waals surface area contributed by atoms with E-state index in [0.29, 0.717) is 33.9 Å². The number of carbonyl (C=O) groups is 1. The minimum absolute atomic E-state index is 0.137. The number of phenols is 1. The minimum atomic E-state index is -1.06. The van der Waals surface area contributed by atoms with Crippen molar-refractivity contribution in [3.05, 3.63) is 47.7 Å². The number of benzene rings is 1. The van der Waals surface area contributed by atoms with Crippen LogP contribution in [0, 0.1) is 17.6 Å². The van der Waals surface area contributed by atoms with Crippen molar-refractivity contribution >= 4 is 22.5 Å². The van der Waals surface area contributed by atoms with Gasteiger partial charge in [-0.15, -0.1) is 0 Å². The third-order valence-corrected chi connectivity index (χ3v) is 6.22. The third-order valence-electron chi connectivity index (χ3n) is 6.22. The van der Waals surface area contributed by atoms with E-state index in [4.69, 9.17) is 0 Å². The lowest BCUT2D eigenvalue weighted by atomic mass is 9.85. The number of phenolic OH excluding ortho intramolecular Hbond substituents is 1. The molecule has 2 aromatic heterocycles. The molecule has 0 unspecified atom stereocenters. The second-order valence-corrected chi connectivity index (χ2v) is 9.08. The first-order chi connectivity index (χ1) is 15.7. The number of aromatic hydroxyl groups is 1. The van der Waals surface area contributed by atoms with Crippen molar-refractivity contribution in [2.45, 2.75) is 38.6 Å². The Balaban J connectivity index is 1.71. The summed E-state index contributed by atoms with van der Waals surface area (Å²) in [5.41, 5.74) is 2.60. The molecule has 1 saturated carbocycles. The summed E-state index contributed by atoms with van der Waals surface area (Å²) in [7, 11) is 4.17. The normalized spacial score (nSPS) is 18.6. The molecule has 6 nitrogen and oxygen atoms in total. The number of Topliss-reactive ketones (excluding diaryl/α,β-unsaturated/α-hetero) is 1. The highest BCUT2D eigenvalue weighted by atomic mass is 19.1. The van der Waals surface area contributed by atoms with Crippen molar-refractivity contribution in [2.75, 3.05) is 26.0 Å². The van der Waals surface area contributed by atoms with E-state index in [1.54, 1.807) is 18.3 Å². The van der Waals surface area contributed by atoms with Gasteiger partial charge >= 0.3 is 0 Å². The lowest BCUT2D eigenvalue weighted by molar-refractivity contribution is 0.101. The number of halogens is 2. The molecule has 174 valence electrons. The molecule has 0 saturated heterocycles. The number of hydrogen-bond donors (Lipinski definition) is 2. The zero-order valence-electron chi connectivity index (χ0n) is 19.0. The third kappa shape index (κ3) is 4.95. The lowest BCUT2D eigenvalue weighted by Crippen LogP contribution is -2.31. The fourth-order valence-corrected chi connectivity index (χ4v) is 4.56. The number of nitrogens with one attached hydrogen (secondary N) is 1. The lowest BCUT2D eigenvalue weighted by Gasteiger charge is -2.31. The van der Waals surface area contributed by atoms with Gasteiger partial charge < -0.3 is 15.3 Å². The maximum absolute atomic E-state index is 13.9. The van der Waals surface area contributed by atoms with Gasteiger partial charge in [0.15, 0.2) is 23.2 Å². The van der Waals surface area contributed by atoms with E-state index in [0.717, 1.165) is 44.4 Å². The van der Waals surface area contributed by atoms with Gasteiger partial charge in [0, 0.05) is 24.3 Å². The van der Waals surface area contributed by atoms with Gasteiger partial charge in [0.2, 0.25) is 0 Å². The summed E-state index contributed by atoms with van der Waals surface area (Å²) in [5.74, 6) is -2.62. The molecule has 1 aliphatic rings. The molecule has 0 aliphatic heterocycles. The Kier molecular flexibility index (Phi) is 6.56. The maximum atomic E-state index is 13.9.